The quantitative estimate of drug-likeness (QED) is 0.686. The first-order valence-electron chi connectivity index (χ1n) is 8.16. The number of aryl methyl sites for hydroxylation is 1. The molecule has 0 saturated heterocycles. The molecule has 0 heterocycles. The van der Waals surface area contributed by atoms with E-state index < -0.39 is 24.4 Å². The molecule has 2 N–H and O–H groups in total. The number of carbonyl (C=O) groups excluding carboxylic acids is 3. The van der Waals surface area contributed by atoms with Crippen molar-refractivity contribution in [3.8, 4) is 0 Å². The van der Waals surface area contributed by atoms with Crippen molar-refractivity contribution in [3.05, 3.63) is 63.6 Å². The first kappa shape index (κ1) is 20.7. The normalized spacial score (nSPS) is 10.2. The number of amides is 2. The van der Waals surface area contributed by atoms with E-state index in [4.69, 9.17) is 27.9 Å². The Hall–Kier alpha value is -2.57. The van der Waals surface area contributed by atoms with Gasteiger partial charge in [-0.25, -0.2) is 0 Å². The molecule has 27 heavy (non-hydrogen) atoms. The monoisotopic (exact) mass is 408 g/mol. The van der Waals surface area contributed by atoms with Gasteiger partial charge in [0, 0.05) is 11.3 Å². The Kier molecular flexibility index (Phi) is 7.64. The van der Waals surface area contributed by atoms with Crippen LogP contribution >= 0.6 is 23.2 Å². The summed E-state index contributed by atoms with van der Waals surface area (Å²) in [6, 6.07) is 11.7. The van der Waals surface area contributed by atoms with Crippen molar-refractivity contribution in [1.82, 2.24) is 5.32 Å². The summed E-state index contributed by atoms with van der Waals surface area (Å²) in [5.41, 5.74) is 1.96. The molecule has 2 aromatic rings. The Morgan fingerprint density at radius 3 is 2.52 bits per heavy atom. The lowest BCUT2D eigenvalue weighted by Gasteiger charge is -2.08. The van der Waals surface area contributed by atoms with Gasteiger partial charge in [0.15, 0.2) is 6.61 Å². The molecule has 2 rings (SSSR count). The minimum Gasteiger partial charge on any atom is -0.454 e. The molecule has 0 fully saturated rings. The topological polar surface area (TPSA) is 84.5 Å². The smallest absolute Gasteiger partial charge is 0.325 e. The molecule has 2 amide bonds. The molecule has 0 aliphatic heterocycles. The maximum Gasteiger partial charge on any atom is 0.325 e. The van der Waals surface area contributed by atoms with E-state index in [1.165, 1.54) is 18.2 Å². The molecule has 0 aliphatic rings. The van der Waals surface area contributed by atoms with Crippen LogP contribution < -0.4 is 10.6 Å². The van der Waals surface area contributed by atoms with Crippen molar-refractivity contribution >= 4 is 46.7 Å². The molecule has 2 aromatic carbocycles. The largest absolute Gasteiger partial charge is 0.454 e. The van der Waals surface area contributed by atoms with Crippen molar-refractivity contribution in [2.24, 2.45) is 0 Å². The van der Waals surface area contributed by atoms with Crippen LogP contribution in [-0.4, -0.2) is 30.9 Å². The highest BCUT2D eigenvalue weighted by Crippen LogP contribution is 2.22. The van der Waals surface area contributed by atoms with Gasteiger partial charge in [0.05, 0.1) is 10.0 Å². The summed E-state index contributed by atoms with van der Waals surface area (Å²) in [5, 5.41) is 5.59. The minimum absolute atomic E-state index is 0.232. The first-order valence-corrected chi connectivity index (χ1v) is 8.92. The second-order valence-corrected chi connectivity index (χ2v) is 6.39. The van der Waals surface area contributed by atoms with Crippen LogP contribution in [0.25, 0.3) is 0 Å². The van der Waals surface area contributed by atoms with Crippen LogP contribution in [0.1, 0.15) is 22.8 Å². The fraction of sp³-hybridized carbons (Fsp3) is 0.211. The highest BCUT2D eigenvalue weighted by molar-refractivity contribution is 6.42. The van der Waals surface area contributed by atoms with E-state index in [0.29, 0.717) is 10.7 Å². The van der Waals surface area contributed by atoms with Gasteiger partial charge in [-0.05, 0) is 42.3 Å². The minimum atomic E-state index is -0.735. The standard InChI is InChI=1S/C19H18Cl2N2O4/c1-2-12-4-3-5-14(8-12)23-17(24)11-27-18(25)10-22-19(26)13-6-7-15(20)16(21)9-13/h3-9H,2,10-11H2,1H3,(H,22,26)(H,23,24). The van der Waals surface area contributed by atoms with Gasteiger partial charge in [-0.1, -0.05) is 42.3 Å². The fourth-order valence-corrected chi connectivity index (χ4v) is 2.45. The molecule has 0 bridgehead atoms. The van der Waals surface area contributed by atoms with Gasteiger partial charge in [-0.3, -0.25) is 14.4 Å². The summed E-state index contributed by atoms with van der Waals surface area (Å²) in [7, 11) is 0. The Morgan fingerprint density at radius 2 is 1.81 bits per heavy atom. The van der Waals surface area contributed by atoms with E-state index in [-0.39, 0.29) is 17.1 Å². The number of ether oxygens (including phenoxy) is 1. The average Bonchev–Trinajstić information content (AvgIpc) is 2.66. The van der Waals surface area contributed by atoms with Crippen LogP contribution in [0, 0.1) is 0 Å². The molecule has 142 valence electrons. The first-order chi connectivity index (χ1) is 12.9. The molecule has 0 unspecified atom stereocenters. The molecule has 0 radical (unpaired) electrons. The zero-order valence-corrected chi connectivity index (χ0v) is 16.1. The second kappa shape index (κ2) is 9.94. The lowest BCUT2D eigenvalue weighted by atomic mass is 10.1. The number of anilines is 1. The van der Waals surface area contributed by atoms with Crippen molar-refractivity contribution in [2.45, 2.75) is 13.3 Å². The van der Waals surface area contributed by atoms with E-state index >= 15 is 0 Å². The maximum absolute atomic E-state index is 12.0. The number of hydrogen-bond acceptors (Lipinski definition) is 4. The summed E-state index contributed by atoms with van der Waals surface area (Å²) in [4.78, 5) is 35.5. The predicted octanol–water partition coefficient (Wildman–Crippen LogP) is 3.47. The van der Waals surface area contributed by atoms with E-state index in [9.17, 15) is 14.4 Å². The summed E-state index contributed by atoms with van der Waals surface area (Å²) < 4.78 is 4.85. The van der Waals surface area contributed by atoms with E-state index in [2.05, 4.69) is 10.6 Å². The van der Waals surface area contributed by atoms with Crippen LogP contribution in [0.3, 0.4) is 0 Å². The Morgan fingerprint density at radius 1 is 1.04 bits per heavy atom. The Bertz CT molecular complexity index is 855. The Labute approximate surface area is 166 Å². The number of esters is 1. The summed E-state index contributed by atoms with van der Waals surface area (Å²) in [6.07, 6.45) is 0.844. The lowest BCUT2D eigenvalue weighted by molar-refractivity contribution is -0.146. The molecule has 0 spiro atoms. The lowest BCUT2D eigenvalue weighted by Crippen LogP contribution is -2.32. The van der Waals surface area contributed by atoms with Gasteiger partial charge in [0.1, 0.15) is 6.54 Å². The van der Waals surface area contributed by atoms with Crippen LogP contribution in [-0.2, 0) is 20.7 Å². The van der Waals surface area contributed by atoms with Gasteiger partial charge in [-0.15, -0.1) is 0 Å². The van der Waals surface area contributed by atoms with E-state index in [1.807, 2.05) is 25.1 Å². The zero-order valence-electron chi connectivity index (χ0n) is 14.6. The second-order valence-electron chi connectivity index (χ2n) is 5.57. The fourth-order valence-electron chi connectivity index (χ4n) is 2.16. The van der Waals surface area contributed by atoms with Crippen LogP contribution in [0.15, 0.2) is 42.5 Å². The van der Waals surface area contributed by atoms with E-state index in [1.54, 1.807) is 6.07 Å². The van der Waals surface area contributed by atoms with Crippen LogP contribution in [0.5, 0.6) is 0 Å². The molecule has 8 heteroatoms. The number of halogens is 2. The number of hydrogen-bond donors (Lipinski definition) is 2. The summed E-state index contributed by atoms with van der Waals surface area (Å²) >= 11 is 11.6. The third kappa shape index (κ3) is 6.58. The average molecular weight is 409 g/mol. The van der Waals surface area contributed by atoms with Gasteiger partial charge in [-0.2, -0.15) is 0 Å². The van der Waals surface area contributed by atoms with Gasteiger partial charge in [0.2, 0.25) is 0 Å². The Balaban J connectivity index is 1.75. The zero-order chi connectivity index (χ0) is 19.8. The van der Waals surface area contributed by atoms with Gasteiger partial charge in [0.25, 0.3) is 11.8 Å². The third-order valence-corrected chi connectivity index (χ3v) is 4.30. The van der Waals surface area contributed by atoms with Crippen molar-refractivity contribution in [3.63, 3.8) is 0 Å². The van der Waals surface area contributed by atoms with Crippen LogP contribution in [0.4, 0.5) is 5.69 Å². The molecular formula is C19H18Cl2N2O4. The van der Waals surface area contributed by atoms with Crippen LogP contribution in [0.2, 0.25) is 10.0 Å². The SMILES string of the molecule is CCc1cccc(NC(=O)COC(=O)CNC(=O)c2ccc(Cl)c(Cl)c2)c1. The molecule has 6 nitrogen and oxygen atoms in total. The van der Waals surface area contributed by atoms with E-state index in [0.717, 1.165) is 12.0 Å². The highest BCUT2D eigenvalue weighted by Gasteiger charge is 2.12. The highest BCUT2D eigenvalue weighted by atomic mass is 35.5. The van der Waals surface area contributed by atoms with Gasteiger partial charge < -0.3 is 15.4 Å². The van der Waals surface area contributed by atoms with Gasteiger partial charge >= 0.3 is 5.97 Å². The third-order valence-electron chi connectivity index (χ3n) is 3.56. The predicted molar refractivity (Wildman–Crippen MR) is 104 cm³/mol. The molecule has 0 aliphatic carbocycles. The number of carbonyl (C=O) groups is 3. The van der Waals surface area contributed by atoms with Crippen molar-refractivity contribution in [1.29, 1.82) is 0 Å². The molecule has 0 aromatic heterocycles. The molecule has 0 saturated carbocycles. The number of benzene rings is 2. The van der Waals surface area contributed by atoms with Crippen molar-refractivity contribution in [2.75, 3.05) is 18.5 Å². The molecule has 0 atom stereocenters. The van der Waals surface area contributed by atoms with Crippen molar-refractivity contribution < 1.29 is 19.1 Å². The summed E-state index contributed by atoms with van der Waals surface area (Å²) in [5.74, 6) is -1.71. The number of nitrogens with one attached hydrogen (secondary N) is 2. The molecular weight excluding hydrogens is 391 g/mol. The maximum atomic E-state index is 12.0. The number of rotatable bonds is 7. The summed E-state index contributed by atoms with van der Waals surface area (Å²) in [6.45, 7) is 1.19.